The number of benzene rings is 1. The van der Waals surface area contributed by atoms with Crippen LogP contribution in [0, 0.1) is 12.3 Å². The van der Waals surface area contributed by atoms with Crippen LogP contribution in [-0.4, -0.2) is 58.4 Å². The third kappa shape index (κ3) is 3.95. The maximum absolute atomic E-state index is 12.8. The maximum Gasteiger partial charge on any atom is 0.274 e. The van der Waals surface area contributed by atoms with Gasteiger partial charge in [-0.25, -0.2) is 4.98 Å². The number of rotatable bonds is 3. The molecule has 2 aliphatic heterocycles. The van der Waals surface area contributed by atoms with E-state index in [-0.39, 0.29) is 5.91 Å². The number of amides is 1. The molecular formula is C23H30N4O. The van der Waals surface area contributed by atoms with Gasteiger partial charge in [-0.1, -0.05) is 37.3 Å². The summed E-state index contributed by atoms with van der Waals surface area (Å²) >= 11 is 0. The molecule has 1 spiro atoms. The zero-order valence-corrected chi connectivity index (χ0v) is 17.0. The molecule has 0 saturated carbocycles. The lowest BCUT2D eigenvalue weighted by molar-refractivity contribution is 0.0156. The number of likely N-dealkylation sites (N-methyl/N-ethyl adjacent to an activating group) is 1. The number of aryl methyl sites for hydroxylation is 1. The monoisotopic (exact) mass is 378 g/mol. The molecule has 3 heterocycles. The second kappa shape index (κ2) is 8.00. The van der Waals surface area contributed by atoms with Gasteiger partial charge in [0.05, 0.1) is 11.9 Å². The van der Waals surface area contributed by atoms with E-state index in [1.165, 1.54) is 12.0 Å². The van der Waals surface area contributed by atoms with Crippen LogP contribution in [0.2, 0.25) is 0 Å². The average molecular weight is 379 g/mol. The molecule has 0 radical (unpaired) electrons. The number of aromatic nitrogens is 2. The summed E-state index contributed by atoms with van der Waals surface area (Å²) in [5.41, 5.74) is 3.06. The quantitative estimate of drug-likeness (QED) is 0.820. The van der Waals surface area contributed by atoms with Gasteiger partial charge in [-0.15, -0.1) is 0 Å². The Hall–Kier alpha value is -2.27. The number of piperidine rings is 2. The number of likely N-dealkylation sites (tertiary alicyclic amines) is 2. The topological polar surface area (TPSA) is 49.3 Å². The summed E-state index contributed by atoms with van der Waals surface area (Å²) < 4.78 is 0. The molecule has 5 nitrogen and oxygen atoms in total. The molecule has 0 unspecified atom stereocenters. The fraction of sp³-hybridized carbons (Fsp3) is 0.522. The second-order valence-electron chi connectivity index (χ2n) is 8.47. The highest BCUT2D eigenvalue weighted by molar-refractivity contribution is 5.92. The molecule has 0 bridgehead atoms. The van der Waals surface area contributed by atoms with Crippen LogP contribution in [0.5, 0.6) is 0 Å². The SMILES string of the molecule is CCN1C[C@H](c2ccccc2)CC2(CCN(C(=O)c3cnc(C)cn3)CC2)C1. The van der Waals surface area contributed by atoms with Gasteiger partial charge in [0.1, 0.15) is 5.69 Å². The van der Waals surface area contributed by atoms with E-state index >= 15 is 0 Å². The predicted molar refractivity (Wildman–Crippen MR) is 110 cm³/mol. The van der Waals surface area contributed by atoms with Crippen molar-refractivity contribution in [1.82, 2.24) is 19.8 Å². The lowest BCUT2D eigenvalue weighted by atomic mass is 9.68. The fourth-order valence-corrected chi connectivity index (χ4v) is 4.90. The zero-order valence-electron chi connectivity index (χ0n) is 17.0. The Morgan fingerprint density at radius 2 is 1.89 bits per heavy atom. The Bertz CT molecular complexity index is 797. The average Bonchev–Trinajstić information content (AvgIpc) is 2.74. The predicted octanol–water partition coefficient (Wildman–Crippen LogP) is 3.52. The first kappa shape index (κ1) is 19.1. The van der Waals surface area contributed by atoms with Gasteiger partial charge in [-0.2, -0.15) is 0 Å². The van der Waals surface area contributed by atoms with Gasteiger partial charge < -0.3 is 9.80 Å². The van der Waals surface area contributed by atoms with Gasteiger partial charge in [-0.3, -0.25) is 9.78 Å². The summed E-state index contributed by atoms with van der Waals surface area (Å²) in [5.74, 6) is 0.602. The summed E-state index contributed by atoms with van der Waals surface area (Å²) in [6.45, 7) is 9.16. The number of hydrogen-bond acceptors (Lipinski definition) is 4. The first-order chi connectivity index (χ1) is 13.6. The van der Waals surface area contributed by atoms with Crippen molar-refractivity contribution in [2.45, 2.75) is 39.0 Å². The van der Waals surface area contributed by atoms with E-state index in [1.807, 2.05) is 11.8 Å². The molecule has 148 valence electrons. The van der Waals surface area contributed by atoms with Gasteiger partial charge in [-0.05, 0) is 49.6 Å². The van der Waals surface area contributed by atoms with E-state index in [4.69, 9.17) is 0 Å². The van der Waals surface area contributed by atoms with Crippen molar-refractivity contribution in [3.63, 3.8) is 0 Å². The Kier molecular flexibility index (Phi) is 5.44. The van der Waals surface area contributed by atoms with Crippen molar-refractivity contribution in [2.24, 2.45) is 5.41 Å². The molecule has 1 aromatic carbocycles. The van der Waals surface area contributed by atoms with E-state index in [1.54, 1.807) is 12.4 Å². The molecule has 1 aromatic heterocycles. The Morgan fingerprint density at radius 3 is 2.54 bits per heavy atom. The third-order valence-corrected chi connectivity index (χ3v) is 6.55. The normalized spacial score (nSPS) is 22.4. The van der Waals surface area contributed by atoms with Crippen LogP contribution in [0.15, 0.2) is 42.7 Å². The fourth-order valence-electron chi connectivity index (χ4n) is 4.90. The summed E-state index contributed by atoms with van der Waals surface area (Å²) in [4.78, 5) is 25.9. The number of carbonyl (C=O) groups excluding carboxylic acids is 1. The molecule has 28 heavy (non-hydrogen) atoms. The number of carbonyl (C=O) groups is 1. The van der Waals surface area contributed by atoms with Crippen LogP contribution in [0.1, 0.15) is 53.8 Å². The molecule has 2 aromatic rings. The highest BCUT2D eigenvalue weighted by Crippen LogP contribution is 2.45. The largest absolute Gasteiger partial charge is 0.337 e. The Balaban J connectivity index is 1.45. The van der Waals surface area contributed by atoms with Crippen LogP contribution < -0.4 is 0 Å². The molecule has 5 heteroatoms. The van der Waals surface area contributed by atoms with E-state index in [0.717, 1.165) is 51.3 Å². The van der Waals surface area contributed by atoms with E-state index in [0.29, 0.717) is 17.0 Å². The second-order valence-corrected chi connectivity index (χ2v) is 8.47. The smallest absolute Gasteiger partial charge is 0.274 e. The first-order valence-electron chi connectivity index (χ1n) is 10.4. The molecule has 1 amide bonds. The van der Waals surface area contributed by atoms with Crippen molar-refractivity contribution < 1.29 is 4.79 Å². The third-order valence-electron chi connectivity index (χ3n) is 6.55. The number of hydrogen-bond donors (Lipinski definition) is 0. The minimum absolute atomic E-state index is 0.0186. The molecule has 2 saturated heterocycles. The number of nitrogens with zero attached hydrogens (tertiary/aromatic N) is 4. The van der Waals surface area contributed by atoms with Crippen LogP contribution in [0.4, 0.5) is 0 Å². The standard InChI is InChI=1S/C23H30N4O/c1-3-26-16-20(19-7-5-4-6-8-19)13-23(17-26)9-11-27(12-10-23)22(28)21-15-24-18(2)14-25-21/h4-8,14-15,20H,3,9-13,16-17H2,1-2H3/t20-/m1/s1. The van der Waals surface area contributed by atoms with Gasteiger partial charge in [0.25, 0.3) is 5.91 Å². The van der Waals surface area contributed by atoms with Crippen LogP contribution in [0.25, 0.3) is 0 Å². The van der Waals surface area contributed by atoms with Crippen LogP contribution >= 0.6 is 0 Å². The molecule has 0 aliphatic carbocycles. The van der Waals surface area contributed by atoms with Gasteiger partial charge >= 0.3 is 0 Å². The molecular weight excluding hydrogens is 348 g/mol. The lowest BCUT2D eigenvalue weighted by Gasteiger charge is -2.50. The van der Waals surface area contributed by atoms with E-state index in [9.17, 15) is 4.79 Å². The first-order valence-corrected chi connectivity index (χ1v) is 10.4. The van der Waals surface area contributed by atoms with Gasteiger partial charge in [0, 0.05) is 32.4 Å². The van der Waals surface area contributed by atoms with Crippen LogP contribution in [0.3, 0.4) is 0 Å². The molecule has 2 fully saturated rings. The molecule has 4 rings (SSSR count). The van der Waals surface area contributed by atoms with Crippen LogP contribution in [-0.2, 0) is 0 Å². The summed E-state index contributed by atoms with van der Waals surface area (Å²) in [6, 6.07) is 10.9. The molecule has 0 N–H and O–H groups in total. The van der Waals surface area contributed by atoms with E-state index < -0.39 is 0 Å². The summed E-state index contributed by atoms with van der Waals surface area (Å²) in [6.07, 6.45) is 6.63. The molecule has 2 aliphatic rings. The van der Waals surface area contributed by atoms with Crippen molar-refractivity contribution in [2.75, 3.05) is 32.7 Å². The van der Waals surface area contributed by atoms with Crippen molar-refractivity contribution in [3.05, 3.63) is 59.7 Å². The van der Waals surface area contributed by atoms with Gasteiger partial charge in [0.2, 0.25) is 0 Å². The minimum Gasteiger partial charge on any atom is -0.337 e. The maximum atomic E-state index is 12.8. The summed E-state index contributed by atoms with van der Waals surface area (Å²) in [5, 5.41) is 0. The molecule has 1 atom stereocenters. The highest BCUT2D eigenvalue weighted by Gasteiger charge is 2.42. The van der Waals surface area contributed by atoms with Gasteiger partial charge in [0.15, 0.2) is 0 Å². The van der Waals surface area contributed by atoms with Crippen molar-refractivity contribution in [3.8, 4) is 0 Å². The lowest BCUT2D eigenvalue weighted by Crippen LogP contribution is -2.52. The van der Waals surface area contributed by atoms with E-state index in [2.05, 4.69) is 52.1 Å². The van der Waals surface area contributed by atoms with Crippen molar-refractivity contribution in [1.29, 1.82) is 0 Å². The minimum atomic E-state index is 0.0186. The summed E-state index contributed by atoms with van der Waals surface area (Å²) in [7, 11) is 0. The zero-order chi connectivity index (χ0) is 19.6. The highest BCUT2D eigenvalue weighted by atomic mass is 16.2. The van der Waals surface area contributed by atoms with Crippen molar-refractivity contribution >= 4 is 5.91 Å². The Labute approximate surface area is 167 Å². The Morgan fingerprint density at radius 1 is 1.14 bits per heavy atom.